The lowest BCUT2D eigenvalue weighted by Crippen LogP contribution is -2.30. The third kappa shape index (κ3) is 2.37. The fourth-order valence-corrected chi connectivity index (χ4v) is 2.12. The van der Waals surface area contributed by atoms with Crippen LogP contribution in [0, 0.1) is 0 Å². The van der Waals surface area contributed by atoms with Crippen molar-refractivity contribution in [2.24, 2.45) is 5.73 Å². The number of aromatic amines is 1. The minimum Gasteiger partial charge on any atom is -0.319 e. The Morgan fingerprint density at radius 2 is 1.93 bits per heavy atom. The van der Waals surface area contributed by atoms with Crippen LogP contribution in [0.3, 0.4) is 0 Å². The van der Waals surface area contributed by atoms with E-state index in [1.165, 1.54) is 32.1 Å². The quantitative estimate of drug-likeness (QED) is 0.781. The summed E-state index contributed by atoms with van der Waals surface area (Å²) >= 11 is 0. The van der Waals surface area contributed by atoms with Gasteiger partial charge in [-0.15, -0.1) is 0 Å². The second-order valence-corrected chi connectivity index (χ2v) is 5.10. The van der Waals surface area contributed by atoms with Crippen molar-refractivity contribution in [1.82, 2.24) is 15.2 Å². The molecular formula is C11H20N4. The third-order valence-electron chi connectivity index (χ3n) is 3.07. The predicted molar refractivity (Wildman–Crippen MR) is 59.4 cm³/mol. The van der Waals surface area contributed by atoms with Gasteiger partial charge in [-0.2, -0.15) is 5.10 Å². The molecule has 2 rings (SSSR count). The van der Waals surface area contributed by atoms with Gasteiger partial charge in [0.05, 0.1) is 5.54 Å². The van der Waals surface area contributed by atoms with Gasteiger partial charge in [0.15, 0.2) is 5.82 Å². The van der Waals surface area contributed by atoms with Crippen molar-refractivity contribution in [1.29, 1.82) is 0 Å². The monoisotopic (exact) mass is 208 g/mol. The first-order chi connectivity index (χ1) is 7.07. The van der Waals surface area contributed by atoms with Crippen LogP contribution in [0.1, 0.15) is 63.5 Å². The van der Waals surface area contributed by atoms with E-state index in [-0.39, 0.29) is 0 Å². The number of aromatic nitrogens is 3. The topological polar surface area (TPSA) is 67.6 Å². The Morgan fingerprint density at radius 3 is 2.47 bits per heavy atom. The van der Waals surface area contributed by atoms with Gasteiger partial charge in [-0.1, -0.05) is 19.3 Å². The van der Waals surface area contributed by atoms with Gasteiger partial charge in [-0.05, 0) is 26.7 Å². The Morgan fingerprint density at radius 1 is 1.27 bits per heavy atom. The Balaban J connectivity index is 2.12. The van der Waals surface area contributed by atoms with Gasteiger partial charge < -0.3 is 5.73 Å². The minimum atomic E-state index is -0.441. The molecule has 1 aliphatic rings. The van der Waals surface area contributed by atoms with E-state index in [4.69, 9.17) is 5.73 Å². The van der Waals surface area contributed by atoms with Gasteiger partial charge in [0.1, 0.15) is 5.82 Å². The largest absolute Gasteiger partial charge is 0.319 e. The molecule has 0 bridgehead atoms. The maximum absolute atomic E-state index is 5.95. The Kier molecular flexibility index (Phi) is 2.78. The van der Waals surface area contributed by atoms with Crippen LogP contribution in [-0.2, 0) is 5.54 Å². The van der Waals surface area contributed by atoms with Crippen LogP contribution in [0.2, 0.25) is 0 Å². The maximum atomic E-state index is 5.95. The van der Waals surface area contributed by atoms with Crippen molar-refractivity contribution < 1.29 is 0 Å². The lowest BCUT2D eigenvalue weighted by atomic mass is 9.89. The molecule has 0 spiro atoms. The molecule has 0 radical (unpaired) electrons. The lowest BCUT2D eigenvalue weighted by Gasteiger charge is -2.19. The van der Waals surface area contributed by atoms with Gasteiger partial charge in [-0.25, -0.2) is 4.98 Å². The average Bonchev–Trinajstić information content (AvgIpc) is 2.67. The van der Waals surface area contributed by atoms with E-state index in [1.807, 2.05) is 13.8 Å². The Hall–Kier alpha value is -0.900. The SMILES string of the molecule is CC(C)(N)c1n[nH]c(C2CCCCC2)n1. The van der Waals surface area contributed by atoms with E-state index in [1.54, 1.807) is 0 Å². The van der Waals surface area contributed by atoms with Gasteiger partial charge in [0.2, 0.25) is 0 Å². The average molecular weight is 208 g/mol. The smallest absolute Gasteiger partial charge is 0.169 e. The zero-order valence-electron chi connectivity index (χ0n) is 9.58. The van der Waals surface area contributed by atoms with Crippen molar-refractivity contribution in [2.45, 2.75) is 57.4 Å². The van der Waals surface area contributed by atoms with Crippen molar-refractivity contribution in [3.63, 3.8) is 0 Å². The predicted octanol–water partition coefficient (Wildman–Crippen LogP) is 2.05. The van der Waals surface area contributed by atoms with Crippen LogP contribution >= 0.6 is 0 Å². The summed E-state index contributed by atoms with van der Waals surface area (Å²) in [6.07, 6.45) is 6.46. The second-order valence-electron chi connectivity index (χ2n) is 5.10. The lowest BCUT2D eigenvalue weighted by molar-refractivity contribution is 0.428. The van der Waals surface area contributed by atoms with Gasteiger partial charge in [-0.3, -0.25) is 5.10 Å². The third-order valence-corrected chi connectivity index (χ3v) is 3.07. The van der Waals surface area contributed by atoms with E-state index < -0.39 is 5.54 Å². The first kappa shape index (κ1) is 10.6. The molecule has 1 fully saturated rings. The van der Waals surface area contributed by atoms with Crippen molar-refractivity contribution >= 4 is 0 Å². The molecule has 0 saturated heterocycles. The summed E-state index contributed by atoms with van der Waals surface area (Å²) in [5.41, 5.74) is 5.51. The fraction of sp³-hybridized carbons (Fsp3) is 0.818. The number of nitrogens with one attached hydrogen (secondary N) is 1. The van der Waals surface area contributed by atoms with Crippen molar-refractivity contribution in [2.75, 3.05) is 0 Å². The molecule has 3 N–H and O–H groups in total. The van der Waals surface area contributed by atoms with Crippen LogP contribution < -0.4 is 5.73 Å². The highest BCUT2D eigenvalue weighted by atomic mass is 15.2. The van der Waals surface area contributed by atoms with E-state index in [2.05, 4.69) is 15.2 Å². The molecule has 15 heavy (non-hydrogen) atoms. The molecule has 1 aliphatic carbocycles. The summed E-state index contributed by atoms with van der Waals surface area (Å²) in [6, 6.07) is 0. The number of H-pyrrole nitrogens is 1. The molecule has 0 unspecified atom stereocenters. The van der Waals surface area contributed by atoms with E-state index in [9.17, 15) is 0 Å². The first-order valence-corrected chi connectivity index (χ1v) is 5.79. The molecule has 4 heteroatoms. The second kappa shape index (κ2) is 3.93. The summed E-state index contributed by atoms with van der Waals surface area (Å²) in [6.45, 7) is 3.86. The highest BCUT2D eigenvalue weighted by Gasteiger charge is 2.23. The highest BCUT2D eigenvalue weighted by molar-refractivity contribution is 5.05. The number of hydrogen-bond donors (Lipinski definition) is 2. The normalized spacial score (nSPS) is 19.4. The fourth-order valence-electron chi connectivity index (χ4n) is 2.12. The van der Waals surface area contributed by atoms with E-state index >= 15 is 0 Å². The Bertz CT molecular complexity index is 318. The van der Waals surface area contributed by atoms with Crippen LogP contribution in [0.4, 0.5) is 0 Å². The molecule has 1 aromatic heterocycles. The van der Waals surface area contributed by atoms with Crippen LogP contribution in [0.5, 0.6) is 0 Å². The Labute approximate surface area is 90.7 Å². The molecule has 1 heterocycles. The van der Waals surface area contributed by atoms with Crippen molar-refractivity contribution in [3.8, 4) is 0 Å². The molecule has 4 nitrogen and oxygen atoms in total. The first-order valence-electron chi connectivity index (χ1n) is 5.79. The maximum Gasteiger partial charge on any atom is 0.169 e. The zero-order valence-corrected chi connectivity index (χ0v) is 9.58. The number of hydrogen-bond acceptors (Lipinski definition) is 3. The minimum absolute atomic E-state index is 0.441. The van der Waals surface area contributed by atoms with Crippen LogP contribution in [0.15, 0.2) is 0 Å². The summed E-state index contributed by atoms with van der Waals surface area (Å²) in [5.74, 6) is 2.33. The number of nitrogens with two attached hydrogens (primary N) is 1. The van der Waals surface area contributed by atoms with E-state index in [0.717, 1.165) is 11.6 Å². The summed E-state index contributed by atoms with van der Waals surface area (Å²) in [4.78, 5) is 4.51. The van der Waals surface area contributed by atoms with Gasteiger partial charge in [0, 0.05) is 5.92 Å². The van der Waals surface area contributed by atoms with E-state index in [0.29, 0.717) is 5.92 Å². The summed E-state index contributed by atoms with van der Waals surface area (Å²) < 4.78 is 0. The van der Waals surface area contributed by atoms with Gasteiger partial charge in [0.25, 0.3) is 0 Å². The molecule has 0 atom stereocenters. The number of nitrogens with zero attached hydrogens (tertiary/aromatic N) is 2. The molecule has 1 saturated carbocycles. The van der Waals surface area contributed by atoms with Gasteiger partial charge >= 0.3 is 0 Å². The highest BCUT2D eigenvalue weighted by Crippen LogP contribution is 2.30. The molecule has 0 aromatic carbocycles. The molecule has 1 aromatic rings. The molecular weight excluding hydrogens is 188 g/mol. The molecule has 0 aliphatic heterocycles. The molecule has 0 amide bonds. The summed E-state index contributed by atoms with van der Waals surface area (Å²) in [5, 5.41) is 7.24. The number of rotatable bonds is 2. The zero-order chi connectivity index (χ0) is 10.9. The van der Waals surface area contributed by atoms with Crippen molar-refractivity contribution in [3.05, 3.63) is 11.6 Å². The standard InChI is InChI=1S/C11H20N4/c1-11(2,12)10-13-9(14-15-10)8-6-4-3-5-7-8/h8H,3-7,12H2,1-2H3,(H,13,14,15). The van der Waals surface area contributed by atoms with Crippen LogP contribution in [-0.4, -0.2) is 15.2 Å². The van der Waals surface area contributed by atoms with Crippen LogP contribution in [0.25, 0.3) is 0 Å². The summed E-state index contributed by atoms with van der Waals surface area (Å²) in [7, 11) is 0. The molecule has 84 valence electrons.